The molecule has 7 nitrogen and oxygen atoms in total. The van der Waals surface area contributed by atoms with E-state index in [2.05, 4.69) is 5.32 Å². The van der Waals surface area contributed by atoms with Crippen LogP contribution in [-0.2, 0) is 14.6 Å². The van der Waals surface area contributed by atoms with Crippen molar-refractivity contribution in [2.24, 2.45) is 5.92 Å². The normalized spacial score (nSPS) is 29.7. The van der Waals surface area contributed by atoms with Crippen molar-refractivity contribution < 1.29 is 23.1 Å². The molecular weight excluding hydrogens is 284 g/mol. The third-order valence-corrected chi connectivity index (χ3v) is 5.67. The molecule has 2 saturated heterocycles. The van der Waals surface area contributed by atoms with Crippen molar-refractivity contribution in [1.29, 1.82) is 0 Å². The molecule has 20 heavy (non-hydrogen) atoms. The highest BCUT2D eigenvalue weighted by atomic mass is 32.2. The number of urea groups is 1. The maximum Gasteiger partial charge on any atom is 0.317 e. The number of carbonyl (C=O) groups is 2. The molecule has 0 spiro atoms. The number of hydrogen-bond acceptors (Lipinski definition) is 4. The Labute approximate surface area is 118 Å². The van der Waals surface area contributed by atoms with Crippen LogP contribution in [0.25, 0.3) is 0 Å². The predicted molar refractivity (Wildman–Crippen MR) is 72.1 cm³/mol. The monoisotopic (exact) mass is 304 g/mol. The maximum absolute atomic E-state index is 12.1. The van der Waals surface area contributed by atoms with Gasteiger partial charge in [-0.2, -0.15) is 0 Å². The Kier molecular flexibility index (Phi) is 4.52. The van der Waals surface area contributed by atoms with E-state index in [1.54, 1.807) is 0 Å². The van der Waals surface area contributed by atoms with Crippen molar-refractivity contribution in [3.63, 3.8) is 0 Å². The van der Waals surface area contributed by atoms with Crippen molar-refractivity contribution in [2.45, 2.75) is 31.7 Å². The summed E-state index contributed by atoms with van der Waals surface area (Å²) in [5.74, 6) is -1.24. The predicted octanol–water partition coefficient (Wildman–Crippen LogP) is 0.0698. The van der Waals surface area contributed by atoms with Crippen LogP contribution in [0.1, 0.15) is 25.7 Å². The first-order valence-electron chi connectivity index (χ1n) is 6.86. The van der Waals surface area contributed by atoms with Crippen molar-refractivity contribution in [1.82, 2.24) is 10.2 Å². The zero-order valence-electron chi connectivity index (χ0n) is 11.2. The molecule has 2 aliphatic heterocycles. The Bertz CT molecular complexity index is 490. The van der Waals surface area contributed by atoms with E-state index < -0.39 is 21.7 Å². The summed E-state index contributed by atoms with van der Waals surface area (Å²) in [6.07, 6.45) is 2.45. The highest BCUT2D eigenvalue weighted by Crippen LogP contribution is 2.18. The molecule has 2 rings (SSSR count). The summed E-state index contributed by atoms with van der Waals surface area (Å²) in [7, 11) is -3.06. The first-order valence-corrected chi connectivity index (χ1v) is 8.68. The number of hydrogen-bond donors (Lipinski definition) is 2. The number of sulfone groups is 1. The smallest absolute Gasteiger partial charge is 0.317 e. The number of piperidine rings is 1. The van der Waals surface area contributed by atoms with Crippen molar-refractivity contribution in [3.8, 4) is 0 Å². The Balaban J connectivity index is 1.89. The van der Waals surface area contributed by atoms with E-state index in [9.17, 15) is 18.0 Å². The SMILES string of the molecule is O=C(O)[C@@H]1CCCN(C(=O)NC2CCCS(=O)(=O)C2)C1. The van der Waals surface area contributed by atoms with Gasteiger partial charge in [-0.15, -0.1) is 0 Å². The molecule has 2 heterocycles. The summed E-state index contributed by atoms with van der Waals surface area (Å²) in [5, 5.41) is 11.7. The third-order valence-electron chi connectivity index (χ3n) is 3.85. The van der Waals surface area contributed by atoms with Gasteiger partial charge >= 0.3 is 12.0 Å². The minimum absolute atomic E-state index is 0.0189. The van der Waals surface area contributed by atoms with Gasteiger partial charge in [0.25, 0.3) is 0 Å². The minimum Gasteiger partial charge on any atom is -0.481 e. The summed E-state index contributed by atoms with van der Waals surface area (Å²) < 4.78 is 23.0. The fraction of sp³-hybridized carbons (Fsp3) is 0.833. The van der Waals surface area contributed by atoms with Crippen LogP contribution in [0.4, 0.5) is 4.79 Å². The molecule has 0 bridgehead atoms. The summed E-state index contributed by atoms with van der Waals surface area (Å²) >= 11 is 0. The average molecular weight is 304 g/mol. The molecule has 0 aromatic rings. The van der Waals surface area contributed by atoms with Gasteiger partial charge in [0.05, 0.1) is 17.4 Å². The zero-order valence-corrected chi connectivity index (χ0v) is 12.1. The lowest BCUT2D eigenvalue weighted by atomic mass is 9.99. The molecular formula is C12H20N2O5S. The number of carboxylic acids is 1. The van der Waals surface area contributed by atoms with Crippen LogP contribution in [0, 0.1) is 5.92 Å². The second-order valence-electron chi connectivity index (χ2n) is 5.53. The Morgan fingerprint density at radius 3 is 2.60 bits per heavy atom. The fourth-order valence-corrected chi connectivity index (χ4v) is 4.40. The highest BCUT2D eigenvalue weighted by molar-refractivity contribution is 7.91. The topological polar surface area (TPSA) is 104 Å². The largest absolute Gasteiger partial charge is 0.481 e. The molecule has 0 aromatic carbocycles. The molecule has 2 amide bonds. The minimum atomic E-state index is -3.06. The number of carbonyl (C=O) groups excluding carboxylic acids is 1. The van der Waals surface area contributed by atoms with E-state index >= 15 is 0 Å². The molecule has 0 aromatic heterocycles. The summed E-state index contributed by atoms with van der Waals surface area (Å²) in [6, 6.07) is -0.704. The Morgan fingerprint density at radius 2 is 1.95 bits per heavy atom. The Hall–Kier alpha value is -1.31. The van der Waals surface area contributed by atoms with E-state index in [4.69, 9.17) is 5.11 Å². The van der Waals surface area contributed by atoms with Gasteiger partial charge in [0.2, 0.25) is 0 Å². The average Bonchev–Trinajstić information content (AvgIpc) is 2.37. The van der Waals surface area contributed by atoms with Crippen molar-refractivity contribution in [3.05, 3.63) is 0 Å². The lowest BCUT2D eigenvalue weighted by molar-refractivity contribution is -0.143. The zero-order chi connectivity index (χ0) is 14.8. The summed E-state index contributed by atoms with van der Waals surface area (Å²) in [4.78, 5) is 24.5. The van der Waals surface area contributed by atoms with Crippen molar-refractivity contribution >= 4 is 21.8 Å². The van der Waals surface area contributed by atoms with Gasteiger partial charge in [-0.05, 0) is 25.7 Å². The van der Waals surface area contributed by atoms with E-state index in [-0.39, 0.29) is 30.1 Å². The first-order chi connectivity index (χ1) is 9.37. The molecule has 114 valence electrons. The van der Waals surface area contributed by atoms with Gasteiger partial charge in [-0.3, -0.25) is 4.79 Å². The first kappa shape index (κ1) is 15.1. The van der Waals surface area contributed by atoms with Crippen LogP contribution < -0.4 is 5.32 Å². The van der Waals surface area contributed by atoms with Gasteiger partial charge in [0.1, 0.15) is 0 Å². The number of rotatable bonds is 2. The van der Waals surface area contributed by atoms with Crippen LogP contribution in [0.15, 0.2) is 0 Å². The number of aliphatic carboxylic acids is 1. The molecule has 2 aliphatic rings. The van der Waals surface area contributed by atoms with E-state index in [1.165, 1.54) is 4.90 Å². The Morgan fingerprint density at radius 1 is 1.20 bits per heavy atom. The van der Waals surface area contributed by atoms with Crippen LogP contribution in [0.2, 0.25) is 0 Å². The van der Waals surface area contributed by atoms with Gasteiger partial charge in [-0.25, -0.2) is 13.2 Å². The van der Waals surface area contributed by atoms with E-state index in [0.29, 0.717) is 32.2 Å². The molecule has 2 N–H and O–H groups in total. The van der Waals surface area contributed by atoms with Gasteiger partial charge in [-0.1, -0.05) is 0 Å². The van der Waals surface area contributed by atoms with E-state index in [0.717, 1.165) is 0 Å². The highest BCUT2D eigenvalue weighted by Gasteiger charge is 2.31. The van der Waals surface area contributed by atoms with Crippen LogP contribution in [-0.4, -0.2) is 61.1 Å². The van der Waals surface area contributed by atoms with Gasteiger partial charge in [0.15, 0.2) is 9.84 Å². The summed E-state index contributed by atoms with van der Waals surface area (Å²) in [6.45, 7) is 0.718. The van der Waals surface area contributed by atoms with E-state index in [1.807, 2.05) is 0 Å². The molecule has 0 radical (unpaired) electrons. The number of amides is 2. The van der Waals surface area contributed by atoms with Crippen LogP contribution >= 0.6 is 0 Å². The fourth-order valence-electron chi connectivity index (χ4n) is 2.77. The quantitative estimate of drug-likeness (QED) is 0.751. The second kappa shape index (κ2) is 5.99. The van der Waals surface area contributed by atoms with Gasteiger partial charge < -0.3 is 15.3 Å². The maximum atomic E-state index is 12.1. The number of nitrogens with zero attached hydrogens (tertiary/aromatic N) is 1. The molecule has 0 aliphatic carbocycles. The molecule has 1 unspecified atom stereocenters. The second-order valence-corrected chi connectivity index (χ2v) is 7.76. The number of nitrogens with one attached hydrogen (secondary N) is 1. The van der Waals surface area contributed by atoms with Crippen LogP contribution in [0.5, 0.6) is 0 Å². The standard InChI is InChI=1S/C12H20N2O5S/c15-11(16)9-3-1-5-14(7-9)12(17)13-10-4-2-6-20(18,19)8-10/h9-10H,1-8H2,(H,13,17)(H,15,16)/t9-,10?/m1/s1. The van der Waals surface area contributed by atoms with Crippen LogP contribution in [0.3, 0.4) is 0 Å². The third kappa shape index (κ3) is 3.84. The molecule has 2 atom stereocenters. The number of carboxylic acid groups (broad SMARTS) is 1. The van der Waals surface area contributed by atoms with Gasteiger partial charge in [0, 0.05) is 19.1 Å². The molecule has 8 heteroatoms. The lowest BCUT2D eigenvalue weighted by Crippen LogP contribution is -2.52. The van der Waals surface area contributed by atoms with Crippen molar-refractivity contribution in [2.75, 3.05) is 24.6 Å². The molecule has 0 saturated carbocycles. The summed E-state index contributed by atoms with van der Waals surface area (Å²) in [5.41, 5.74) is 0. The molecule has 2 fully saturated rings. The lowest BCUT2D eigenvalue weighted by Gasteiger charge is -2.33. The number of likely N-dealkylation sites (tertiary alicyclic amines) is 1.